The molecule has 4 heterocycles. The largest absolute Gasteiger partial charge is 0.350 e. The van der Waals surface area contributed by atoms with Gasteiger partial charge in [0.25, 0.3) is 5.91 Å². The van der Waals surface area contributed by atoms with Crippen molar-refractivity contribution in [3.63, 3.8) is 0 Å². The molecule has 0 spiro atoms. The summed E-state index contributed by atoms with van der Waals surface area (Å²) in [6.45, 7) is 5.84. The summed E-state index contributed by atoms with van der Waals surface area (Å²) in [4.78, 5) is 36.8. The van der Waals surface area contributed by atoms with Crippen molar-refractivity contribution in [2.75, 3.05) is 13.1 Å². The zero-order chi connectivity index (χ0) is 21.1. The molecule has 30 heavy (non-hydrogen) atoms. The Morgan fingerprint density at radius 1 is 1.23 bits per heavy atom. The smallest absolute Gasteiger partial charge is 0.251 e. The van der Waals surface area contributed by atoms with Crippen LogP contribution in [0.4, 0.5) is 0 Å². The summed E-state index contributed by atoms with van der Waals surface area (Å²) in [5.41, 5.74) is 2.73. The van der Waals surface area contributed by atoms with Gasteiger partial charge in [-0.15, -0.1) is 0 Å². The molecule has 2 aromatic heterocycles. The average Bonchev–Trinajstić information content (AvgIpc) is 3.11. The van der Waals surface area contributed by atoms with Gasteiger partial charge in [0.1, 0.15) is 5.54 Å². The molecule has 2 aromatic rings. The second-order valence-electron chi connectivity index (χ2n) is 8.49. The molecule has 4 rings (SSSR count). The third-order valence-electron chi connectivity index (χ3n) is 6.18. The Bertz CT molecular complexity index is 912. The fraction of sp³-hybridized carbons (Fsp3) is 0.478. The van der Waals surface area contributed by atoms with Crippen molar-refractivity contribution in [3.05, 3.63) is 59.2 Å². The Kier molecular flexibility index (Phi) is 5.81. The molecule has 2 fully saturated rings. The van der Waals surface area contributed by atoms with Gasteiger partial charge in [-0.2, -0.15) is 0 Å². The number of carbonyl (C=O) groups is 2. The maximum atomic E-state index is 13.3. The average molecular weight is 408 g/mol. The number of nitrogens with one attached hydrogen (secondary N) is 2. The Morgan fingerprint density at radius 2 is 2.03 bits per heavy atom. The number of carbonyl (C=O) groups excluding carboxylic acids is 2. The number of hydrogen-bond acceptors (Lipinski definition) is 5. The van der Waals surface area contributed by atoms with E-state index in [0.29, 0.717) is 25.1 Å². The molecule has 2 aliphatic heterocycles. The predicted molar refractivity (Wildman–Crippen MR) is 114 cm³/mol. The standard InChI is InChI=1S/C23H29N5O2/c1-16-10-19(11-17(2)26-16)21(29)27-20-12-23(7-3-4-9-28(23)15-20)22(30)25-14-18-6-5-8-24-13-18/h5-6,8,10-11,13,20H,3-4,7,9,12,14-15H2,1-2H3,(H,25,30)(H,27,29)/t20?,23-/m1/s1. The topological polar surface area (TPSA) is 87.2 Å². The van der Waals surface area contributed by atoms with E-state index in [1.54, 1.807) is 24.5 Å². The second kappa shape index (κ2) is 8.52. The van der Waals surface area contributed by atoms with Gasteiger partial charge in [-0.25, -0.2) is 0 Å². The molecule has 2 aliphatic rings. The molecule has 0 aliphatic carbocycles. The molecule has 2 N–H and O–H groups in total. The number of aromatic nitrogens is 2. The van der Waals surface area contributed by atoms with Crippen LogP contribution in [-0.2, 0) is 11.3 Å². The van der Waals surface area contributed by atoms with Gasteiger partial charge in [0.15, 0.2) is 0 Å². The fourth-order valence-corrected chi connectivity index (χ4v) is 4.86. The highest BCUT2D eigenvalue weighted by Gasteiger charge is 2.52. The van der Waals surface area contributed by atoms with Crippen LogP contribution in [0.25, 0.3) is 0 Å². The molecule has 7 heteroatoms. The summed E-state index contributed by atoms with van der Waals surface area (Å²) in [5, 5.41) is 6.27. The Hall–Kier alpha value is -2.80. The summed E-state index contributed by atoms with van der Waals surface area (Å²) in [7, 11) is 0. The highest BCUT2D eigenvalue weighted by atomic mass is 16.2. The number of aryl methyl sites for hydroxylation is 2. The molecular weight excluding hydrogens is 378 g/mol. The van der Waals surface area contributed by atoms with Gasteiger partial charge in [0.05, 0.1) is 0 Å². The van der Waals surface area contributed by atoms with E-state index in [9.17, 15) is 9.59 Å². The van der Waals surface area contributed by atoms with Crippen LogP contribution in [0, 0.1) is 13.8 Å². The van der Waals surface area contributed by atoms with E-state index in [4.69, 9.17) is 0 Å². The summed E-state index contributed by atoms with van der Waals surface area (Å²) in [6, 6.07) is 7.40. The highest BCUT2D eigenvalue weighted by Crippen LogP contribution is 2.38. The maximum absolute atomic E-state index is 13.3. The van der Waals surface area contributed by atoms with Crippen molar-refractivity contribution >= 4 is 11.8 Å². The van der Waals surface area contributed by atoms with Crippen LogP contribution in [0.2, 0.25) is 0 Å². The molecule has 0 radical (unpaired) electrons. The second-order valence-corrected chi connectivity index (χ2v) is 8.49. The van der Waals surface area contributed by atoms with Crippen molar-refractivity contribution in [3.8, 4) is 0 Å². The molecule has 158 valence electrons. The van der Waals surface area contributed by atoms with E-state index in [0.717, 1.165) is 42.8 Å². The van der Waals surface area contributed by atoms with Gasteiger partial charge >= 0.3 is 0 Å². The molecule has 2 atom stereocenters. The molecule has 2 saturated heterocycles. The van der Waals surface area contributed by atoms with Crippen LogP contribution in [-0.4, -0.2) is 51.4 Å². The SMILES string of the molecule is Cc1cc(C(=O)NC2CN3CCCC[C@]3(C(=O)NCc3cccnc3)C2)cc(C)n1. The quantitative estimate of drug-likeness (QED) is 0.793. The van der Waals surface area contributed by atoms with E-state index in [1.807, 2.05) is 26.0 Å². The lowest BCUT2D eigenvalue weighted by molar-refractivity contribution is -0.134. The van der Waals surface area contributed by atoms with Gasteiger partial charge in [-0.3, -0.25) is 24.5 Å². The van der Waals surface area contributed by atoms with Gasteiger partial charge in [-0.1, -0.05) is 6.07 Å². The zero-order valence-electron chi connectivity index (χ0n) is 17.6. The first-order valence-corrected chi connectivity index (χ1v) is 10.6. The number of rotatable bonds is 5. The number of fused-ring (bicyclic) bond motifs is 1. The third kappa shape index (κ3) is 4.21. The molecule has 7 nitrogen and oxygen atoms in total. The summed E-state index contributed by atoms with van der Waals surface area (Å²) >= 11 is 0. The summed E-state index contributed by atoms with van der Waals surface area (Å²) in [6.07, 6.45) is 7.07. The van der Waals surface area contributed by atoms with Crippen LogP contribution in [0.15, 0.2) is 36.7 Å². The van der Waals surface area contributed by atoms with E-state index >= 15 is 0 Å². The normalized spacial score (nSPS) is 23.6. The first-order chi connectivity index (χ1) is 14.5. The molecule has 1 unspecified atom stereocenters. The van der Waals surface area contributed by atoms with Crippen LogP contribution in [0.1, 0.15) is 53.0 Å². The van der Waals surface area contributed by atoms with E-state index < -0.39 is 5.54 Å². The van der Waals surface area contributed by atoms with E-state index in [2.05, 4.69) is 25.5 Å². The minimum absolute atomic E-state index is 0.0477. The lowest BCUT2D eigenvalue weighted by Crippen LogP contribution is -2.57. The molecule has 2 amide bonds. The van der Waals surface area contributed by atoms with Crippen LogP contribution in [0.3, 0.4) is 0 Å². The third-order valence-corrected chi connectivity index (χ3v) is 6.18. The Morgan fingerprint density at radius 3 is 2.77 bits per heavy atom. The van der Waals surface area contributed by atoms with E-state index in [1.165, 1.54) is 0 Å². The van der Waals surface area contributed by atoms with Crippen LogP contribution < -0.4 is 10.6 Å². The molecular formula is C23H29N5O2. The number of piperidine rings is 1. The monoisotopic (exact) mass is 407 g/mol. The fourth-order valence-electron chi connectivity index (χ4n) is 4.86. The first-order valence-electron chi connectivity index (χ1n) is 10.6. The number of pyridine rings is 2. The first kappa shape index (κ1) is 20.5. The minimum atomic E-state index is -0.539. The highest BCUT2D eigenvalue weighted by molar-refractivity contribution is 5.95. The predicted octanol–water partition coefficient (Wildman–Crippen LogP) is 2.14. The van der Waals surface area contributed by atoms with Crippen molar-refractivity contribution in [2.45, 2.75) is 57.7 Å². The maximum Gasteiger partial charge on any atom is 0.251 e. The van der Waals surface area contributed by atoms with Crippen molar-refractivity contribution in [2.24, 2.45) is 0 Å². The molecule has 0 bridgehead atoms. The zero-order valence-corrected chi connectivity index (χ0v) is 17.6. The summed E-state index contributed by atoms with van der Waals surface area (Å²) < 4.78 is 0. The lowest BCUT2D eigenvalue weighted by Gasteiger charge is -2.40. The summed E-state index contributed by atoms with van der Waals surface area (Å²) in [5.74, 6) is -0.0437. The van der Waals surface area contributed by atoms with Gasteiger partial charge in [-0.05, 0) is 69.8 Å². The van der Waals surface area contributed by atoms with Crippen LogP contribution >= 0.6 is 0 Å². The van der Waals surface area contributed by atoms with Gasteiger partial charge < -0.3 is 10.6 Å². The minimum Gasteiger partial charge on any atom is -0.350 e. The number of hydrogen-bond donors (Lipinski definition) is 2. The van der Waals surface area contributed by atoms with Crippen molar-refractivity contribution in [1.82, 2.24) is 25.5 Å². The lowest BCUT2D eigenvalue weighted by atomic mass is 9.84. The van der Waals surface area contributed by atoms with E-state index in [-0.39, 0.29) is 17.9 Å². The van der Waals surface area contributed by atoms with Gasteiger partial charge in [0, 0.05) is 48.5 Å². The molecule has 0 aromatic carbocycles. The van der Waals surface area contributed by atoms with Crippen LogP contribution in [0.5, 0.6) is 0 Å². The number of nitrogens with zero attached hydrogens (tertiary/aromatic N) is 3. The number of amides is 2. The van der Waals surface area contributed by atoms with Gasteiger partial charge in [0.2, 0.25) is 5.91 Å². The van der Waals surface area contributed by atoms with Crippen molar-refractivity contribution in [1.29, 1.82) is 0 Å². The molecule has 0 saturated carbocycles. The Labute approximate surface area is 177 Å². The Balaban J connectivity index is 1.45. The van der Waals surface area contributed by atoms with Crippen molar-refractivity contribution < 1.29 is 9.59 Å².